The van der Waals surface area contributed by atoms with Crippen molar-refractivity contribution in [2.24, 2.45) is 17.8 Å². The zero-order valence-electron chi connectivity index (χ0n) is 42.7. The van der Waals surface area contributed by atoms with Crippen molar-refractivity contribution in [3.8, 4) is 0 Å². The van der Waals surface area contributed by atoms with E-state index in [1.165, 1.54) is 18.9 Å². The summed E-state index contributed by atoms with van der Waals surface area (Å²) in [6, 6.07) is 2.75. The van der Waals surface area contributed by atoms with Gasteiger partial charge < -0.3 is 74.6 Å². The van der Waals surface area contributed by atoms with Gasteiger partial charge in [-0.25, -0.2) is 4.79 Å². The summed E-state index contributed by atoms with van der Waals surface area (Å²) in [5.74, 6) is -2.84. The maximum absolute atomic E-state index is 14.5. The predicted molar refractivity (Wildman–Crippen MR) is 256 cm³/mol. The van der Waals surface area contributed by atoms with Crippen LogP contribution in [-0.4, -0.2) is 197 Å². The van der Waals surface area contributed by atoms with Gasteiger partial charge in [0.05, 0.1) is 41.5 Å². The Morgan fingerprint density at radius 2 is 1.65 bits per heavy atom. The van der Waals surface area contributed by atoms with Gasteiger partial charge in [-0.1, -0.05) is 26.8 Å². The SMILES string of the molecule is CC[C@H]1OC(=O)[C@H](C)[C@@H](O[C@H]2C[C@@](C)(OC)[C@@H](O)[C@H](C)O2)[C@H](C)[C@@H](O[C@@H]2O[C@H](C)C[C@H](N(C)C)[C@H]2O)[C@](C)(O)C[C@@H](C)CN(CCCNC(=O)NCCc2cccs2)[C@H](C)[C@@H](O)[C@]1(C)O.O=CO. The fourth-order valence-corrected chi connectivity index (χ4v) is 10.9. The highest BCUT2D eigenvalue weighted by molar-refractivity contribution is 7.09. The zero-order chi connectivity index (χ0) is 51.3. The molecule has 19 nitrogen and oxygen atoms in total. The highest BCUT2D eigenvalue weighted by Crippen LogP contribution is 2.40. The monoisotopic (exact) mass is 991 g/mol. The minimum atomic E-state index is -1.91. The van der Waals surface area contributed by atoms with Crippen molar-refractivity contribution in [1.29, 1.82) is 0 Å². The summed E-state index contributed by atoms with van der Waals surface area (Å²) in [7, 11) is 5.26. The van der Waals surface area contributed by atoms with E-state index < -0.39 is 96.0 Å². The van der Waals surface area contributed by atoms with Gasteiger partial charge in [0.25, 0.3) is 6.47 Å². The van der Waals surface area contributed by atoms with Gasteiger partial charge in [-0.2, -0.15) is 0 Å². The number of carboxylic acid groups (broad SMARTS) is 1. The fourth-order valence-electron chi connectivity index (χ4n) is 10.2. The average molecular weight is 991 g/mol. The van der Waals surface area contributed by atoms with E-state index in [0.717, 1.165) is 6.42 Å². The number of methoxy groups -OCH3 is 1. The zero-order valence-corrected chi connectivity index (χ0v) is 43.5. The highest BCUT2D eigenvalue weighted by Gasteiger charge is 2.53. The van der Waals surface area contributed by atoms with Crippen LogP contribution in [0.4, 0.5) is 4.79 Å². The van der Waals surface area contributed by atoms with E-state index >= 15 is 0 Å². The van der Waals surface area contributed by atoms with Crippen molar-refractivity contribution in [2.75, 3.05) is 47.4 Å². The number of thiophene rings is 1. The molecule has 0 unspecified atom stereocenters. The van der Waals surface area contributed by atoms with Crippen LogP contribution in [0.5, 0.6) is 0 Å². The first kappa shape index (κ1) is 59.7. The molecule has 0 radical (unpaired) electrons. The summed E-state index contributed by atoms with van der Waals surface area (Å²) >= 11 is 1.64. The number of urea groups is 1. The molecule has 394 valence electrons. The fraction of sp³-hybridized carbons (Fsp3) is 0.854. The Bertz CT molecular complexity index is 1660. The molecule has 3 aliphatic heterocycles. The lowest BCUT2D eigenvalue weighted by atomic mass is 9.77. The molecule has 68 heavy (non-hydrogen) atoms. The molecule has 0 saturated carbocycles. The normalized spacial score (nSPS) is 40.2. The molecule has 1 aromatic heterocycles. The lowest BCUT2D eigenvalue weighted by Gasteiger charge is -2.48. The molecule has 1 aromatic rings. The largest absolute Gasteiger partial charge is 0.483 e. The Hall–Kier alpha value is -2.57. The van der Waals surface area contributed by atoms with E-state index in [2.05, 4.69) is 10.6 Å². The van der Waals surface area contributed by atoms with Crippen LogP contribution in [-0.2, 0) is 44.4 Å². The summed E-state index contributed by atoms with van der Waals surface area (Å²) in [6.07, 6.45) is -7.68. The third-order valence-corrected chi connectivity index (χ3v) is 15.1. The van der Waals surface area contributed by atoms with Crippen LogP contribution >= 0.6 is 11.3 Å². The minimum Gasteiger partial charge on any atom is -0.483 e. The Morgan fingerprint density at radius 1 is 1.00 bits per heavy atom. The molecule has 18 atom stereocenters. The summed E-state index contributed by atoms with van der Waals surface area (Å²) in [5, 5.41) is 74.5. The van der Waals surface area contributed by atoms with Crippen molar-refractivity contribution < 1.29 is 73.4 Å². The summed E-state index contributed by atoms with van der Waals surface area (Å²) < 4.78 is 38.0. The van der Waals surface area contributed by atoms with E-state index in [4.69, 9.17) is 38.3 Å². The molecule has 8 N–H and O–H groups in total. The molecule has 20 heteroatoms. The second-order valence-corrected chi connectivity index (χ2v) is 21.2. The molecule has 3 fully saturated rings. The molecule has 0 spiro atoms. The predicted octanol–water partition coefficient (Wildman–Crippen LogP) is 2.97. The second kappa shape index (κ2) is 26.8. The first-order valence-corrected chi connectivity index (χ1v) is 25.0. The van der Waals surface area contributed by atoms with E-state index in [1.807, 2.05) is 69.1 Å². The smallest absolute Gasteiger partial charge is 0.314 e. The van der Waals surface area contributed by atoms with E-state index in [9.17, 15) is 35.1 Å². The van der Waals surface area contributed by atoms with Gasteiger partial charge in [-0.05, 0) is 112 Å². The first-order valence-electron chi connectivity index (χ1n) is 24.2. The Morgan fingerprint density at radius 3 is 2.24 bits per heavy atom. The van der Waals surface area contributed by atoms with Crippen molar-refractivity contribution in [2.45, 2.75) is 198 Å². The molecule has 3 saturated heterocycles. The molecule has 0 bridgehead atoms. The summed E-state index contributed by atoms with van der Waals surface area (Å²) in [6.45, 7) is 18.9. The number of nitrogens with one attached hydrogen (secondary N) is 2. The van der Waals surface area contributed by atoms with E-state index in [0.29, 0.717) is 39.0 Å². The van der Waals surface area contributed by atoms with Crippen molar-refractivity contribution in [3.63, 3.8) is 0 Å². The van der Waals surface area contributed by atoms with Gasteiger partial charge in [-0.3, -0.25) is 14.5 Å². The Labute approximate surface area is 408 Å². The van der Waals surface area contributed by atoms with Crippen molar-refractivity contribution in [3.05, 3.63) is 22.4 Å². The molecule has 4 heterocycles. The number of aliphatic hydroxyl groups is 5. The minimum absolute atomic E-state index is 0.105. The Kier molecular flexibility index (Phi) is 23.5. The third-order valence-electron chi connectivity index (χ3n) is 14.2. The summed E-state index contributed by atoms with van der Waals surface area (Å²) in [5.41, 5.74) is -4.61. The van der Waals surface area contributed by atoms with E-state index in [-0.39, 0.29) is 49.8 Å². The Balaban J connectivity index is 0.00000397. The van der Waals surface area contributed by atoms with Crippen LogP contribution in [0, 0.1) is 17.8 Å². The lowest BCUT2D eigenvalue weighted by Crippen LogP contribution is -2.60. The van der Waals surface area contributed by atoms with Gasteiger partial charge in [0.15, 0.2) is 12.6 Å². The maximum atomic E-state index is 14.5. The number of rotatable bonds is 14. The van der Waals surface area contributed by atoms with E-state index in [1.54, 1.807) is 46.0 Å². The number of likely N-dealkylation sites (N-methyl/N-ethyl adjacent to an activating group) is 1. The van der Waals surface area contributed by atoms with Gasteiger partial charge in [0.2, 0.25) is 0 Å². The van der Waals surface area contributed by atoms with Crippen LogP contribution in [0.15, 0.2) is 17.5 Å². The number of amides is 2. The number of carbonyl (C=O) groups is 3. The molecule has 0 aromatic carbocycles. The van der Waals surface area contributed by atoms with Gasteiger partial charge in [0.1, 0.15) is 30.0 Å². The maximum Gasteiger partial charge on any atom is 0.314 e. The third kappa shape index (κ3) is 16.0. The first-order chi connectivity index (χ1) is 31.8. The molecule has 0 aliphatic carbocycles. The van der Waals surface area contributed by atoms with Crippen molar-refractivity contribution in [1.82, 2.24) is 20.4 Å². The lowest BCUT2D eigenvalue weighted by molar-refractivity contribution is -0.318. The van der Waals surface area contributed by atoms with Crippen LogP contribution in [0.2, 0.25) is 0 Å². The average Bonchev–Trinajstić information content (AvgIpc) is 3.79. The number of aliphatic hydroxyl groups excluding tert-OH is 3. The number of nitrogens with zero attached hydrogens (tertiary/aromatic N) is 2. The van der Waals surface area contributed by atoms with Crippen LogP contribution in [0.25, 0.3) is 0 Å². The van der Waals surface area contributed by atoms with Crippen LogP contribution in [0.3, 0.4) is 0 Å². The number of hydrogen-bond donors (Lipinski definition) is 8. The second-order valence-electron chi connectivity index (χ2n) is 20.2. The number of esters is 1. The standard InChI is InChI=1S/C47H84N4O13S.CH2O2/c1-14-35-47(10,58)39(53)31(6)51(21-16-19-48-44(56)49-20-18-33-17-15-22-65-33)26-27(2)24-45(8,57)41(64-43-37(52)34(50(11)12)23-28(3)60-43)29(4)38(30(5)42(55)62-35)63-36-25-46(9,59-13)40(54)32(7)61-36;2-1-3/h15,17,22,27-32,34-41,43,52-54,57-58H,14,16,18-21,23-26H2,1-13H3,(H2,48,49,56);1H,(H,2,3)/t27-,28-,29+,30-,31-,32+,34+,35-,36+,37-,38+,39-,40+,41-,43+,45-,46-,47-;/m1./s1. The van der Waals surface area contributed by atoms with Gasteiger partial charge in [-0.15, -0.1) is 11.3 Å². The molecule has 4 rings (SSSR count). The quantitative estimate of drug-likeness (QED) is 0.0757. The molecular weight excluding hydrogens is 905 g/mol. The number of cyclic esters (lactones) is 1. The van der Waals surface area contributed by atoms with Gasteiger partial charge >= 0.3 is 12.0 Å². The summed E-state index contributed by atoms with van der Waals surface area (Å²) in [4.78, 5) is 40.7. The van der Waals surface area contributed by atoms with Crippen molar-refractivity contribution >= 4 is 29.8 Å². The number of carbonyl (C=O) groups excluding carboxylic acids is 2. The molecule has 3 aliphatic rings. The molecule has 2 amide bonds. The number of ether oxygens (including phenoxy) is 6. The topological polar surface area (TPSA) is 259 Å². The number of hydrogen-bond acceptors (Lipinski definition) is 17. The van der Waals surface area contributed by atoms with Gasteiger partial charge in [0, 0.05) is 62.6 Å². The van der Waals surface area contributed by atoms with Crippen LogP contribution < -0.4 is 10.6 Å². The molecular formula is C48H86N4O15S. The highest BCUT2D eigenvalue weighted by atomic mass is 32.1. The van der Waals surface area contributed by atoms with Crippen LogP contribution in [0.1, 0.15) is 106 Å².